The Kier molecular flexibility index (Phi) is 7.42. The molecule has 118 valence electrons. The Morgan fingerprint density at radius 2 is 2.14 bits per heavy atom. The van der Waals surface area contributed by atoms with Gasteiger partial charge in [-0.3, -0.25) is 0 Å². The van der Waals surface area contributed by atoms with Crippen LogP contribution in [0.4, 0.5) is 0 Å². The van der Waals surface area contributed by atoms with Crippen molar-refractivity contribution >= 4 is 16.4 Å². The molecule has 5 nitrogen and oxygen atoms in total. The molecule has 0 N–H and O–H groups in total. The van der Waals surface area contributed by atoms with Gasteiger partial charge in [-0.2, -0.15) is 0 Å². The van der Waals surface area contributed by atoms with Crippen LogP contribution in [0.25, 0.3) is 4.85 Å². The first-order valence-corrected chi connectivity index (χ1v) is 8.45. The van der Waals surface area contributed by atoms with Crippen LogP contribution in [0.3, 0.4) is 0 Å². The van der Waals surface area contributed by atoms with Gasteiger partial charge < -0.3 is 18.6 Å². The maximum atomic E-state index is 7.56. The van der Waals surface area contributed by atoms with Gasteiger partial charge >= 0.3 is 0 Å². The van der Waals surface area contributed by atoms with Crippen LogP contribution >= 0.6 is 8.53 Å². The van der Waals surface area contributed by atoms with E-state index in [9.17, 15) is 0 Å². The quantitative estimate of drug-likeness (QED) is 0.299. The van der Waals surface area contributed by atoms with Gasteiger partial charge in [0.1, 0.15) is 14.5 Å². The number of hydrogen-bond acceptors (Lipinski definition) is 4. The molecule has 2 radical (unpaired) electrons. The van der Waals surface area contributed by atoms with Crippen LogP contribution in [-0.2, 0) is 13.8 Å². The van der Waals surface area contributed by atoms with Crippen LogP contribution in [0.1, 0.15) is 42.4 Å². The van der Waals surface area contributed by atoms with Crippen molar-refractivity contribution in [3.63, 3.8) is 0 Å². The standard InChI is InChI=1S/C14H26BN2O3P/c1-10(2)17(11(3)4)21(18-8-7-16-6)20-13-9-14(15)19-12(13)5/h10-14H,7-9H2,1-5H3/t12-,13-,14-,21?/m1/s1/i5D. The van der Waals surface area contributed by atoms with E-state index in [0.717, 1.165) is 0 Å². The molecule has 1 rings (SSSR count). The van der Waals surface area contributed by atoms with E-state index in [0.29, 0.717) is 19.6 Å². The monoisotopic (exact) mass is 313 g/mol. The number of ether oxygens (including phenoxy) is 1. The first kappa shape index (κ1) is 17.2. The Hall–Kier alpha value is -0.175. The minimum Gasteiger partial charge on any atom is -0.382 e. The van der Waals surface area contributed by atoms with Gasteiger partial charge in [-0.25, -0.2) is 11.2 Å². The molecule has 0 aromatic rings. The zero-order chi connectivity index (χ0) is 16.7. The van der Waals surface area contributed by atoms with Gasteiger partial charge in [0.2, 0.25) is 6.54 Å². The van der Waals surface area contributed by atoms with Gasteiger partial charge in [-0.1, -0.05) is 0 Å². The van der Waals surface area contributed by atoms with Gasteiger partial charge in [0, 0.05) is 19.5 Å². The number of nitrogens with zero attached hydrogens (tertiary/aromatic N) is 2. The molecule has 1 fully saturated rings. The third-order valence-electron chi connectivity index (χ3n) is 3.11. The average Bonchev–Trinajstić information content (AvgIpc) is 2.78. The molecule has 0 spiro atoms. The van der Waals surface area contributed by atoms with Crippen LogP contribution in [-0.4, -0.2) is 56.0 Å². The van der Waals surface area contributed by atoms with Gasteiger partial charge in [0.15, 0.2) is 0 Å². The molecule has 0 bridgehead atoms. The summed E-state index contributed by atoms with van der Waals surface area (Å²) in [5, 5.41) is 0. The van der Waals surface area contributed by atoms with Crippen LogP contribution < -0.4 is 0 Å². The molecule has 1 aliphatic heterocycles. The Bertz CT molecular complexity index is 362. The molecule has 4 atom stereocenters. The molecule has 1 aliphatic rings. The van der Waals surface area contributed by atoms with E-state index in [-0.39, 0.29) is 37.2 Å². The topological polar surface area (TPSA) is 35.3 Å². The summed E-state index contributed by atoms with van der Waals surface area (Å²) in [4.78, 5) is 3.32. The molecule has 1 unspecified atom stereocenters. The Labute approximate surface area is 132 Å². The molecule has 0 aromatic carbocycles. The fraction of sp³-hybridized carbons (Fsp3) is 0.929. The van der Waals surface area contributed by atoms with Crippen LogP contribution in [0.15, 0.2) is 0 Å². The molecule has 1 heterocycles. The van der Waals surface area contributed by atoms with Gasteiger partial charge in [-0.05, 0) is 41.0 Å². The summed E-state index contributed by atoms with van der Waals surface area (Å²) in [6.45, 7) is 16.0. The third kappa shape index (κ3) is 5.85. The van der Waals surface area contributed by atoms with Crippen molar-refractivity contribution in [1.82, 2.24) is 4.67 Å². The second-order valence-electron chi connectivity index (χ2n) is 5.61. The van der Waals surface area contributed by atoms with Gasteiger partial charge in [0.25, 0.3) is 8.53 Å². The Morgan fingerprint density at radius 3 is 2.67 bits per heavy atom. The fourth-order valence-corrected chi connectivity index (χ4v) is 4.01. The highest BCUT2D eigenvalue weighted by molar-refractivity contribution is 7.44. The number of rotatable bonds is 8. The summed E-state index contributed by atoms with van der Waals surface area (Å²) in [6.07, 6.45) is 0.0238. The van der Waals surface area contributed by atoms with E-state index < -0.39 is 8.53 Å². The van der Waals surface area contributed by atoms with E-state index >= 15 is 0 Å². The van der Waals surface area contributed by atoms with E-state index in [1.807, 2.05) is 0 Å². The first-order valence-electron chi connectivity index (χ1n) is 8.03. The van der Waals surface area contributed by atoms with E-state index in [2.05, 4.69) is 37.2 Å². The number of hydrogen-bond donors (Lipinski definition) is 0. The molecule has 0 aromatic heterocycles. The maximum Gasteiger partial charge on any atom is 0.259 e. The minimum absolute atomic E-state index is 0.118. The lowest BCUT2D eigenvalue weighted by Gasteiger charge is -2.37. The molecule has 0 amide bonds. The fourth-order valence-electron chi connectivity index (χ4n) is 2.26. The van der Waals surface area contributed by atoms with Crippen molar-refractivity contribution in [2.75, 3.05) is 13.2 Å². The Balaban J connectivity index is 2.78. The first-order chi connectivity index (χ1) is 10.4. The molecule has 7 heteroatoms. The van der Waals surface area contributed by atoms with Crippen molar-refractivity contribution in [2.24, 2.45) is 0 Å². The van der Waals surface area contributed by atoms with Gasteiger partial charge in [-0.15, -0.1) is 0 Å². The summed E-state index contributed by atoms with van der Waals surface area (Å²) in [7, 11) is 4.51. The summed E-state index contributed by atoms with van der Waals surface area (Å²) >= 11 is 0. The normalized spacial score (nSPS) is 28.1. The van der Waals surface area contributed by atoms with Gasteiger partial charge in [0.05, 0.1) is 12.2 Å². The summed E-state index contributed by atoms with van der Waals surface area (Å²) in [5.74, 6) is 0. The zero-order valence-electron chi connectivity index (χ0n) is 14.4. The minimum atomic E-state index is -1.31. The van der Waals surface area contributed by atoms with Crippen molar-refractivity contribution in [3.8, 4) is 0 Å². The highest BCUT2D eigenvalue weighted by Gasteiger charge is 2.36. The van der Waals surface area contributed by atoms with Crippen LogP contribution in [0.2, 0.25) is 0 Å². The predicted octanol–water partition coefficient (Wildman–Crippen LogP) is 2.96. The second kappa shape index (κ2) is 9.07. The van der Waals surface area contributed by atoms with E-state index in [1.54, 1.807) is 0 Å². The predicted molar refractivity (Wildman–Crippen MR) is 86.0 cm³/mol. The lowest BCUT2D eigenvalue weighted by molar-refractivity contribution is 0.0458. The lowest BCUT2D eigenvalue weighted by Crippen LogP contribution is -2.35. The highest BCUT2D eigenvalue weighted by atomic mass is 31.2. The third-order valence-corrected chi connectivity index (χ3v) is 5.26. The smallest absolute Gasteiger partial charge is 0.259 e. The summed E-state index contributed by atoms with van der Waals surface area (Å²) in [6, 6.07) is 0.126. The molecule has 21 heavy (non-hydrogen) atoms. The maximum absolute atomic E-state index is 7.56. The zero-order valence-corrected chi connectivity index (χ0v) is 14.3. The largest absolute Gasteiger partial charge is 0.382 e. The second-order valence-corrected chi connectivity index (χ2v) is 7.02. The summed E-state index contributed by atoms with van der Waals surface area (Å²) in [5.41, 5.74) is 0. The average molecular weight is 313 g/mol. The van der Waals surface area contributed by atoms with E-state index in [4.69, 9.17) is 29.6 Å². The SMILES string of the molecule is [2H]C[C@H]1O[C@@H]([B])C[C@H]1OP(OCC[N+]#[C-])N(C(C)C)C(C)C. The highest BCUT2D eigenvalue weighted by Crippen LogP contribution is 2.48. The lowest BCUT2D eigenvalue weighted by atomic mass is 9.96. The molecule has 0 aliphatic carbocycles. The molecular formula is C14H26BN2O3P. The van der Waals surface area contributed by atoms with Crippen LogP contribution in [0, 0.1) is 6.57 Å². The van der Waals surface area contributed by atoms with Crippen LogP contribution in [0.5, 0.6) is 0 Å². The molecule has 0 saturated carbocycles. The van der Waals surface area contributed by atoms with Crippen molar-refractivity contribution in [3.05, 3.63) is 11.4 Å². The van der Waals surface area contributed by atoms with Crippen molar-refractivity contribution in [1.29, 1.82) is 0 Å². The molecule has 1 saturated heterocycles. The molecular weight excluding hydrogens is 286 g/mol. The Morgan fingerprint density at radius 1 is 1.48 bits per heavy atom. The summed E-state index contributed by atoms with van der Waals surface area (Å²) < 4.78 is 27.2. The van der Waals surface area contributed by atoms with E-state index in [1.165, 1.54) is 0 Å². The van der Waals surface area contributed by atoms with Crippen molar-refractivity contribution < 1.29 is 15.2 Å². The van der Waals surface area contributed by atoms with Crippen molar-refractivity contribution in [2.45, 2.75) is 71.3 Å².